The third-order valence-electron chi connectivity index (χ3n) is 9.19. The maximum absolute atomic E-state index is 6.77. The van der Waals surface area contributed by atoms with Crippen LogP contribution in [0.4, 0.5) is 0 Å². The molecule has 6 unspecified atom stereocenters. The Labute approximate surface area is 145 Å². The Hall–Kier alpha value is -0.126. The molecule has 6 aliphatic carbocycles. The van der Waals surface area contributed by atoms with E-state index in [1.54, 1.807) is 0 Å². The van der Waals surface area contributed by atoms with Crippen LogP contribution in [0, 0.1) is 23.7 Å². The number of allylic oxidation sites excluding steroid dienone is 4. The van der Waals surface area contributed by atoms with Crippen molar-refractivity contribution in [3.05, 3.63) is 23.3 Å². The molecule has 0 aromatic carbocycles. The number of hydrogen-bond donors (Lipinski definition) is 0. The van der Waals surface area contributed by atoms with Gasteiger partial charge in [-0.3, -0.25) is 0 Å². The van der Waals surface area contributed by atoms with Crippen LogP contribution in [0.3, 0.4) is 0 Å². The van der Waals surface area contributed by atoms with Gasteiger partial charge in [-0.25, -0.2) is 0 Å². The molecule has 0 saturated heterocycles. The fraction of sp³-hybridized carbons (Fsp3) is 0.800. The zero-order valence-electron chi connectivity index (χ0n) is 14.5. The van der Waals surface area contributed by atoms with E-state index in [0.717, 1.165) is 34.2 Å². The summed E-state index contributed by atoms with van der Waals surface area (Å²) in [5.74, 6) is 4.05. The minimum Gasteiger partial charge on any atom is -0.464 e. The van der Waals surface area contributed by atoms with Crippen LogP contribution in [-0.4, -0.2) is 19.5 Å². The average molecular weight is 343 g/mol. The summed E-state index contributed by atoms with van der Waals surface area (Å²) in [6, 6.07) is 0. The van der Waals surface area contributed by atoms with Crippen molar-refractivity contribution in [2.75, 3.05) is 0 Å². The fourth-order valence-corrected chi connectivity index (χ4v) is 16.6. The zero-order valence-corrected chi connectivity index (χ0v) is 17.7. The molecular weight excluding hydrogens is 312 g/mol. The van der Waals surface area contributed by atoms with Gasteiger partial charge in [-0.2, -0.15) is 0 Å². The standard InChI is InChI=1S/C20H30OSi2/c22-21-23(19-9-7-13(11-19)15-3-1-5-17(15)19)20-10-8-14(12-20)16-4-2-6-18(16)20/h5-6,13-16,23H,1-4,7-12H2,22H3. The van der Waals surface area contributed by atoms with Gasteiger partial charge in [0, 0.05) is 10.1 Å². The number of hydrogen-bond acceptors (Lipinski definition) is 1. The molecule has 6 rings (SSSR count). The van der Waals surface area contributed by atoms with Crippen LogP contribution < -0.4 is 0 Å². The highest BCUT2D eigenvalue weighted by atomic mass is 28.3. The molecule has 4 fully saturated rings. The second kappa shape index (κ2) is 4.53. The summed E-state index contributed by atoms with van der Waals surface area (Å²) in [6.07, 6.45) is 20.2. The van der Waals surface area contributed by atoms with Gasteiger partial charge in [-0.15, -0.1) is 0 Å². The maximum Gasteiger partial charge on any atom is 0.183 e. The highest BCUT2D eigenvalue weighted by Crippen LogP contribution is 2.78. The van der Waals surface area contributed by atoms with Gasteiger partial charge in [0.1, 0.15) is 10.5 Å². The van der Waals surface area contributed by atoms with E-state index < -0.39 is 9.04 Å². The van der Waals surface area contributed by atoms with Crippen molar-refractivity contribution < 1.29 is 4.12 Å². The number of rotatable bonds is 3. The van der Waals surface area contributed by atoms with Gasteiger partial charge in [-0.05, 0) is 87.9 Å². The van der Waals surface area contributed by atoms with Crippen molar-refractivity contribution >= 4 is 19.5 Å². The normalized spacial score (nSPS) is 53.6. The van der Waals surface area contributed by atoms with Crippen LogP contribution in [0.25, 0.3) is 0 Å². The second-order valence-corrected chi connectivity index (χ2v) is 14.5. The third kappa shape index (κ3) is 1.50. The molecule has 124 valence electrons. The van der Waals surface area contributed by atoms with Crippen molar-refractivity contribution in [1.82, 2.24) is 0 Å². The van der Waals surface area contributed by atoms with Gasteiger partial charge < -0.3 is 4.12 Å². The summed E-state index contributed by atoms with van der Waals surface area (Å²) in [5, 5.41) is 1.20. The molecular formula is C20H30OSi2. The molecule has 6 aliphatic rings. The molecule has 0 N–H and O–H groups in total. The molecule has 0 aromatic heterocycles. The van der Waals surface area contributed by atoms with Gasteiger partial charge in [0.05, 0.1) is 0 Å². The van der Waals surface area contributed by atoms with Crippen LogP contribution >= 0.6 is 0 Å². The van der Waals surface area contributed by atoms with Gasteiger partial charge in [-0.1, -0.05) is 23.3 Å². The molecule has 0 spiro atoms. The predicted molar refractivity (Wildman–Crippen MR) is 99.9 cm³/mol. The quantitative estimate of drug-likeness (QED) is 0.560. The highest BCUT2D eigenvalue weighted by molar-refractivity contribution is 6.64. The molecule has 6 atom stereocenters. The third-order valence-corrected chi connectivity index (χ3v) is 14.8. The van der Waals surface area contributed by atoms with Gasteiger partial charge >= 0.3 is 0 Å². The van der Waals surface area contributed by atoms with E-state index in [0.29, 0.717) is 10.1 Å². The minimum absolute atomic E-state index is 0.598. The fourth-order valence-electron chi connectivity index (χ4n) is 8.78. The predicted octanol–water partition coefficient (Wildman–Crippen LogP) is 3.79. The SMILES string of the molecule is [SiH3]O[SiH](C12CCC(C1)C1CCC=C12)C12CCC(C1)C1CCC=C12. The molecule has 23 heavy (non-hydrogen) atoms. The summed E-state index contributed by atoms with van der Waals surface area (Å²) >= 11 is 0. The van der Waals surface area contributed by atoms with Crippen molar-refractivity contribution in [2.45, 2.75) is 74.3 Å². The van der Waals surface area contributed by atoms with Crippen LogP contribution in [0.2, 0.25) is 10.1 Å². The Balaban J connectivity index is 1.48. The van der Waals surface area contributed by atoms with E-state index in [4.69, 9.17) is 4.12 Å². The Bertz CT molecular complexity index is 573. The molecule has 0 aromatic rings. The molecule has 0 radical (unpaired) electrons. The first-order valence-electron chi connectivity index (χ1n) is 10.2. The van der Waals surface area contributed by atoms with E-state index in [1.165, 1.54) is 64.2 Å². The van der Waals surface area contributed by atoms with E-state index in [-0.39, 0.29) is 0 Å². The van der Waals surface area contributed by atoms with E-state index in [9.17, 15) is 0 Å². The molecule has 0 heterocycles. The zero-order chi connectivity index (χ0) is 15.2. The van der Waals surface area contributed by atoms with Crippen molar-refractivity contribution in [3.63, 3.8) is 0 Å². The monoisotopic (exact) mass is 342 g/mol. The van der Waals surface area contributed by atoms with Crippen LogP contribution in [-0.2, 0) is 4.12 Å². The van der Waals surface area contributed by atoms with Crippen molar-refractivity contribution in [1.29, 1.82) is 0 Å². The van der Waals surface area contributed by atoms with Crippen LogP contribution in [0.15, 0.2) is 23.3 Å². The lowest BCUT2D eigenvalue weighted by molar-refractivity contribution is 0.394. The van der Waals surface area contributed by atoms with Crippen molar-refractivity contribution in [2.24, 2.45) is 23.7 Å². The first kappa shape index (κ1) is 14.1. The van der Waals surface area contributed by atoms with Crippen LogP contribution in [0.1, 0.15) is 64.2 Å². The average Bonchev–Trinajstić information content (AvgIpc) is 3.32. The van der Waals surface area contributed by atoms with Crippen LogP contribution in [0.5, 0.6) is 0 Å². The molecule has 0 aliphatic heterocycles. The summed E-state index contributed by atoms with van der Waals surface area (Å²) < 4.78 is 6.77. The molecule has 3 heteroatoms. The Morgan fingerprint density at radius 1 is 0.870 bits per heavy atom. The molecule has 1 nitrogen and oxygen atoms in total. The Kier molecular flexibility index (Phi) is 2.77. The van der Waals surface area contributed by atoms with Gasteiger partial charge in [0.25, 0.3) is 0 Å². The smallest absolute Gasteiger partial charge is 0.183 e. The molecule has 4 bridgehead atoms. The second-order valence-electron chi connectivity index (χ2n) is 9.62. The largest absolute Gasteiger partial charge is 0.464 e. The van der Waals surface area contributed by atoms with E-state index >= 15 is 0 Å². The number of fused-ring (bicyclic) bond motifs is 10. The minimum atomic E-state index is -1.23. The van der Waals surface area contributed by atoms with E-state index in [1.807, 2.05) is 11.1 Å². The summed E-state index contributed by atoms with van der Waals surface area (Å²) in [4.78, 5) is 0. The van der Waals surface area contributed by atoms with Gasteiger partial charge in [0.15, 0.2) is 9.04 Å². The lowest BCUT2D eigenvalue weighted by Gasteiger charge is -2.47. The lowest BCUT2D eigenvalue weighted by atomic mass is 9.85. The first-order valence-corrected chi connectivity index (χ1v) is 12.7. The molecule has 4 saturated carbocycles. The molecule has 0 amide bonds. The Morgan fingerprint density at radius 3 is 1.87 bits per heavy atom. The summed E-state index contributed by atoms with van der Waals surface area (Å²) in [7, 11) is -0.253. The maximum atomic E-state index is 6.77. The van der Waals surface area contributed by atoms with Crippen molar-refractivity contribution in [3.8, 4) is 0 Å². The highest BCUT2D eigenvalue weighted by Gasteiger charge is 2.68. The first-order chi connectivity index (χ1) is 11.3. The summed E-state index contributed by atoms with van der Waals surface area (Å²) in [5.41, 5.74) is 3.89. The van der Waals surface area contributed by atoms with E-state index in [2.05, 4.69) is 12.2 Å². The summed E-state index contributed by atoms with van der Waals surface area (Å²) in [6.45, 7) is 0. The Morgan fingerprint density at radius 2 is 1.39 bits per heavy atom. The topological polar surface area (TPSA) is 9.23 Å². The lowest BCUT2D eigenvalue weighted by Crippen LogP contribution is -2.45. The van der Waals surface area contributed by atoms with Gasteiger partial charge in [0.2, 0.25) is 0 Å².